The molecule has 4 nitrogen and oxygen atoms in total. The van der Waals surface area contributed by atoms with Crippen LogP contribution in [-0.2, 0) is 4.79 Å². The molecule has 0 fully saturated rings. The lowest BCUT2D eigenvalue weighted by Crippen LogP contribution is -2.32. The molecule has 66 valence electrons. The Hall–Kier alpha value is -1.16. The molecule has 0 bridgehead atoms. The first-order valence-corrected chi connectivity index (χ1v) is 3.97. The van der Waals surface area contributed by atoms with Crippen LogP contribution in [0.5, 0.6) is 0 Å². The van der Waals surface area contributed by atoms with Gasteiger partial charge in [-0.25, -0.2) is 0 Å². The van der Waals surface area contributed by atoms with Gasteiger partial charge in [0.05, 0.1) is 11.8 Å². The van der Waals surface area contributed by atoms with E-state index in [0.29, 0.717) is 13.1 Å². The molecular weight excluding hydrogens is 154 g/mol. The van der Waals surface area contributed by atoms with Gasteiger partial charge in [0, 0.05) is 13.1 Å². The van der Waals surface area contributed by atoms with Gasteiger partial charge in [0.25, 0.3) is 0 Å². The highest BCUT2D eigenvalue weighted by Gasteiger charge is 2.09. The minimum Gasteiger partial charge on any atom is -0.405 e. The Morgan fingerprint density at radius 1 is 1.67 bits per heavy atom. The molecular formula is C8H13N3O. The molecule has 1 aliphatic rings. The first-order valence-electron chi connectivity index (χ1n) is 3.97. The highest BCUT2D eigenvalue weighted by Crippen LogP contribution is 1.95. The number of carbonyl (C=O) groups is 1. The third-order valence-corrected chi connectivity index (χ3v) is 1.75. The standard InChI is InChI=1S/C8H13N3O/c9-3-1-7-5-11-8(6-12)2-4-10-7/h1,3,6,8,11H,2,4-5,9H2/b3-1-. The number of rotatable bonds is 2. The van der Waals surface area contributed by atoms with Gasteiger partial charge < -0.3 is 15.8 Å². The Morgan fingerprint density at radius 3 is 3.17 bits per heavy atom. The summed E-state index contributed by atoms with van der Waals surface area (Å²) < 4.78 is 0. The predicted molar refractivity (Wildman–Crippen MR) is 48.1 cm³/mol. The van der Waals surface area contributed by atoms with Crippen LogP contribution in [0.25, 0.3) is 0 Å². The molecule has 0 aromatic heterocycles. The monoisotopic (exact) mass is 167 g/mol. The Labute approximate surface area is 71.5 Å². The van der Waals surface area contributed by atoms with E-state index in [1.165, 1.54) is 6.20 Å². The number of hydrogen-bond donors (Lipinski definition) is 2. The van der Waals surface area contributed by atoms with Crippen LogP contribution in [0.3, 0.4) is 0 Å². The first kappa shape index (κ1) is 8.93. The van der Waals surface area contributed by atoms with Crippen LogP contribution in [0.15, 0.2) is 17.3 Å². The lowest BCUT2D eigenvalue weighted by Gasteiger charge is -2.05. The normalized spacial score (nSPS) is 25.0. The molecule has 1 rings (SSSR count). The fraction of sp³-hybridized carbons (Fsp3) is 0.500. The van der Waals surface area contributed by atoms with Crippen molar-refractivity contribution >= 4 is 12.0 Å². The van der Waals surface area contributed by atoms with Crippen LogP contribution in [0, 0.1) is 0 Å². The molecule has 0 saturated carbocycles. The summed E-state index contributed by atoms with van der Waals surface area (Å²) in [5, 5.41) is 3.06. The number of nitrogens with zero attached hydrogens (tertiary/aromatic N) is 1. The number of aliphatic imine (C=N–C) groups is 1. The maximum absolute atomic E-state index is 10.4. The molecule has 1 atom stereocenters. The number of carbonyl (C=O) groups excluding carboxylic acids is 1. The average molecular weight is 167 g/mol. The number of hydrogen-bond acceptors (Lipinski definition) is 4. The summed E-state index contributed by atoms with van der Waals surface area (Å²) in [6, 6.07) is -0.0579. The van der Waals surface area contributed by atoms with Crippen LogP contribution in [0.4, 0.5) is 0 Å². The largest absolute Gasteiger partial charge is 0.405 e. The van der Waals surface area contributed by atoms with Gasteiger partial charge in [0.15, 0.2) is 0 Å². The zero-order valence-electron chi connectivity index (χ0n) is 6.86. The van der Waals surface area contributed by atoms with Gasteiger partial charge >= 0.3 is 0 Å². The summed E-state index contributed by atoms with van der Waals surface area (Å²) in [6.07, 6.45) is 4.90. The highest BCUT2D eigenvalue weighted by atomic mass is 16.1. The predicted octanol–water partition coefficient (Wildman–Crippen LogP) is -0.539. The fourth-order valence-electron chi connectivity index (χ4n) is 1.08. The van der Waals surface area contributed by atoms with Crippen molar-refractivity contribution in [2.45, 2.75) is 12.5 Å². The third kappa shape index (κ3) is 2.47. The zero-order chi connectivity index (χ0) is 8.81. The van der Waals surface area contributed by atoms with Crippen molar-refractivity contribution in [3.8, 4) is 0 Å². The van der Waals surface area contributed by atoms with E-state index in [1.54, 1.807) is 6.08 Å². The SMILES string of the molecule is N/C=C\C1=NCCC(C=O)NC1. The van der Waals surface area contributed by atoms with E-state index in [1.807, 2.05) is 0 Å². The fourth-order valence-corrected chi connectivity index (χ4v) is 1.08. The molecule has 3 N–H and O–H groups in total. The smallest absolute Gasteiger partial charge is 0.136 e. The summed E-state index contributed by atoms with van der Waals surface area (Å²) in [7, 11) is 0. The number of nitrogens with one attached hydrogen (secondary N) is 1. The molecule has 0 radical (unpaired) electrons. The van der Waals surface area contributed by atoms with E-state index >= 15 is 0 Å². The molecule has 4 heteroatoms. The van der Waals surface area contributed by atoms with Crippen molar-refractivity contribution in [2.75, 3.05) is 13.1 Å². The molecule has 0 amide bonds. The summed E-state index contributed by atoms with van der Waals surface area (Å²) >= 11 is 0. The van der Waals surface area contributed by atoms with Crippen molar-refractivity contribution in [2.24, 2.45) is 10.7 Å². The zero-order valence-corrected chi connectivity index (χ0v) is 6.86. The van der Waals surface area contributed by atoms with Crippen LogP contribution in [0.1, 0.15) is 6.42 Å². The van der Waals surface area contributed by atoms with Gasteiger partial charge in [0.2, 0.25) is 0 Å². The van der Waals surface area contributed by atoms with E-state index in [-0.39, 0.29) is 6.04 Å². The molecule has 0 saturated heterocycles. The summed E-state index contributed by atoms with van der Waals surface area (Å²) in [5.41, 5.74) is 6.12. The third-order valence-electron chi connectivity index (χ3n) is 1.75. The summed E-state index contributed by atoms with van der Waals surface area (Å²) in [4.78, 5) is 14.7. The molecule has 0 aromatic carbocycles. The van der Waals surface area contributed by atoms with E-state index in [0.717, 1.165) is 18.4 Å². The second-order valence-electron chi connectivity index (χ2n) is 2.64. The van der Waals surface area contributed by atoms with Gasteiger partial charge in [-0.3, -0.25) is 4.99 Å². The maximum atomic E-state index is 10.4. The molecule has 1 unspecified atom stereocenters. The number of nitrogens with two attached hydrogens (primary N) is 1. The molecule has 0 spiro atoms. The number of aldehydes is 1. The maximum Gasteiger partial charge on any atom is 0.136 e. The van der Waals surface area contributed by atoms with E-state index in [2.05, 4.69) is 10.3 Å². The van der Waals surface area contributed by atoms with Crippen molar-refractivity contribution in [1.82, 2.24) is 5.32 Å². The first-order chi connectivity index (χ1) is 5.86. The highest BCUT2D eigenvalue weighted by molar-refractivity contribution is 5.96. The summed E-state index contributed by atoms with van der Waals surface area (Å²) in [5.74, 6) is 0. The molecule has 0 aromatic rings. The molecule has 12 heavy (non-hydrogen) atoms. The van der Waals surface area contributed by atoms with Crippen LogP contribution < -0.4 is 11.1 Å². The van der Waals surface area contributed by atoms with E-state index in [4.69, 9.17) is 5.73 Å². The molecule has 1 heterocycles. The van der Waals surface area contributed by atoms with E-state index < -0.39 is 0 Å². The summed E-state index contributed by atoms with van der Waals surface area (Å²) in [6.45, 7) is 1.31. The van der Waals surface area contributed by atoms with Gasteiger partial charge in [-0.05, 0) is 18.7 Å². The lowest BCUT2D eigenvalue weighted by atomic mass is 10.2. The Kier molecular flexibility index (Phi) is 3.47. The van der Waals surface area contributed by atoms with E-state index in [9.17, 15) is 4.79 Å². The van der Waals surface area contributed by atoms with Crippen molar-refractivity contribution in [3.63, 3.8) is 0 Å². The second kappa shape index (κ2) is 4.66. The minimum atomic E-state index is -0.0579. The lowest BCUT2D eigenvalue weighted by molar-refractivity contribution is -0.109. The Morgan fingerprint density at radius 2 is 2.50 bits per heavy atom. The minimum absolute atomic E-state index is 0.0579. The van der Waals surface area contributed by atoms with Gasteiger partial charge in [-0.1, -0.05) is 0 Å². The molecule has 1 aliphatic heterocycles. The van der Waals surface area contributed by atoms with Crippen LogP contribution >= 0.6 is 0 Å². The average Bonchev–Trinajstić information content (AvgIpc) is 2.31. The quantitative estimate of drug-likeness (QED) is 0.543. The Bertz CT molecular complexity index is 210. The van der Waals surface area contributed by atoms with Crippen LogP contribution in [-0.4, -0.2) is 31.1 Å². The van der Waals surface area contributed by atoms with Gasteiger partial charge in [0.1, 0.15) is 6.29 Å². The van der Waals surface area contributed by atoms with Crippen molar-refractivity contribution in [3.05, 3.63) is 12.3 Å². The van der Waals surface area contributed by atoms with Crippen molar-refractivity contribution in [1.29, 1.82) is 0 Å². The molecule has 0 aliphatic carbocycles. The van der Waals surface area contributed by atoms with Crippen LogP contribution in [0.2, 0.25) is 0 Å². The second-order valence-corrected chi connectivity index (χ2v) is 2.64. The van der Waals surface area contributed by atoms with Gasteiger partial charge in [-0.2, -0.15) is 0 Å². The van der Waals surface area contributed by atoms with Gasteiger partial charge in [-0.15, -0.1) is 0 Å². The topological polar surface area (TPSA) is 67.5 Å². The Balaban J connectivity index is 2.49. The van der Waals surface area contributed by atoms with Crippen molar-refractivity contribution < 1.29 is 4.79 Å².